The zero-order chi connectivity index (χ0) is 12.1. The zero-order valence-electron chi connectivity index (χ0n) is 9.31. The van der Waals surface area contributed by atoms with Gasteiger partial charge < -0.3 is 0 Å². The number of nitrogens with zero attached hydrogens (tertiary/aromatic N) is 1. The van der Waals surface area contributed by atoms with Crippen LogP contribution in [0.3, 0.4) is 0 Å². The summed E-state index contributed by atoms with van der Waals surface area (Å²) in [7, 11) is 0. The normalized spacial score (nSPS) is 10.6. The van der Waals surface area contributed by atoms with E-state index in [0.29, 0.717) is 0 Å². The summed E-state index contributed by atoms with van der Waals surface area (Å²) < 4.78 is 13.1. The van der Waals surface area contributed by atoms with Crippen LogP contribution < -0.4 is 0 Å². The molecule has 2 heteroatoms. The van der Waals surface area contributed by atoms with E-state index in [2.05, 4.69) is 11.6 Å². The van der Waals surface area contributed by atoms with Crippen molar-refractivity contribution >= 4 is 18.0 Å². The molecule has 0 saturated carbocycles. The van der Waals surface area contributed by atoms with E-state index in [1.807, 2.05) is 30.3 Å². The number of halogens is 1. The second kappa shape index (κ2) is 5.21. The number of hydrogen-bond acceptors (Lipinski definition) is 1. The van der Waals surface area contributed by atoms with Crippen LogP contribution in [0, 0.1) is 5.82 Å². The van der Waals surface area contributed by atoms with Crippen molar-refractivity contribution in [3.63, 3.8) is 0 Å². The summed E-state index contributed by atoms with van der Waals surface area (Å²) in [4.78, 5) is 4.29. The standard InChI is InChI=1S/C15H12FN/c1-2-12-8-9-14(16)10-13(12)11-17-15-6-4-3-5-7-15/h2-11H,1H2. The third-order valence-electron chi connectivity index (χ3n) is 2.38. The lowest BCUT2D eigenvalue weighted by Gasteiger charge is -2.00. The largest absolute Gasteiger partial charge is 0.256 e. The molecule has 0 aliphatic carbocycles. The molecule has 0 aliphatic heterocycles. The molecule has 17 heavy (non-hydrogen) atoms. The van der Waals surface area contributed by atoms with Crippen molar-refractivity contribution in [2.75, 3.05) is 0 Å². The van der Waals surface area contributed by atoms with Crippen LogP contribution in [0.5, 0.6) is 0 Å². The van der Waals surface area contributed by atoms with Crippen molar-refractivity contribution in [1.82, 2.24) is 0 Å². The van der Waals surface area contributed by atoms with Gasteiger partial charge in [0.05, 0.1) is 5.69 Å². The molecule has 1 nitrogen and oxygen atoms in total. The van der Waals surface area contributed by atoms with E-state index >= 15 is 0 Å². The first kappa shape index (κ1) is 11.3. The monoisotopic (exact) mass is 225 g/mol. The van der Waals surface area contributed by atoms with Gasteiger partial charge in [0.25, 0.3) is 0 Å². The van der Waals surface area contributed by atoms with Gasteiger partial charge in [0.1, 0.15) is 5.82 Å². The minimum Gasteiger partial charge on any atom is -0.256 e. The summed E-state index contributed by atoms with van der Waals surface area (Å²) in [6.45, 7) is 3.69. The molecule has 84 valence electrons. The predicted molar refractivity (Wildman–Crippen MR) is 70.2 cm³/mol. The van der Waals surface area contributed by atoms with E-state index in [0.717, 1.165) is 16.8 Å². The van der Waals surface area contributed by atoms with Crippen molar-refractivity contribution in [1.29, 1.82) is 0 Å². The fourth-order valence-electron chi connectivity index (χ4n) is 1.50. The molecule has 0 heterocycles. The van der Waals surface area contributed by atoms with Gasteiger partial charge >= 0.3 is 0 Å². The molecule has 0 bridgehead atoms. The van der Waals surface area contributed by atoms with Crippen molar-refractivity contribution in [3.8, 4) is 0 Å². The average molecular weight is 225 g/mol. The maximum absolute atomic E-state index is 13.1. The van der Waals surface area contributed by atoms with Crippen LogP contribution in [0.1, 0.15) is 11.1 Å². The first-order valence-corrected chi connectivity index (χ1v) is 5.31. The Labute approximate surface area is 100.0 Å². The third-order valence-corrected chi connectivity index (χ3v) is 2.38. The Hall–Kier alpha value is -2.22. The molecular weight excluding hydrogens is 213 g/mol. The minimum atomic E-state index is -0.273. The smallest absolute Gasteiger partial charge is 0.123 e. The average Bonchev–Trinajstić information content (AvgIpc) is 2.38. The second-order valence-electron chi connectivity index (χ2n) is 3.57. The molecule has 2 rings (SSSR count). The summed E-state index contributed by atoms with van der Waals surface area (Å²) in [5.41, 5.74) is 2.43. The van der Waals surface area contributed by atoms with Crippen LogP contribution in [-0.2, 0) is 0 Å². The molecule has 0 fully saturated rings. The van der Waals surface area contributed by atoms with Crippen LogP contribution in [0.2, 0.25) is 0 Å². The summed E-state index contributed by atoms with van der Waals surface area (Å²) in [6.07, 6.45) is 3.33. The lowest BCUT2D eigenvalue weighted by molar-refractivity contribution is 0.627. The zero-order valence-corrected chi connectivity index (χ0v) is 9.31. The maximum atomic E-state index is 13.1. The Morgan fingerprint density at radius 3 is 2.47 bits per heavy atom. The van der Waals surface area contributed by atoms with Crippen molar-refractivity contribution < 1.29 is 4.39 Å². The molecule has 0 aromatic heterocycles. The first-order valence-electron chi connectivity index (χ1n) is 5.31. The van der Waals surface area contributed by atoms with Gasteiger partial charge in [0, 0.05) is 11.8 Å². The molecule has 0 atom stereocenters. The van der Waals surface area contributed by atoms with Crippen LogP contribution in [0.25, 0.3) is 6.08 Å². The molecule has 0 spiro atoms. The second-order valence-corrected chi connectivity index (χ2v) is 3.57. The number of para-hydroxylation sites is 1. The molecule has 0 unspecified atom stereocenters. The lowest BCUT2D eigenvalue weighted by atomic mass is 10.1. The van der Waals surface area contributed by atoms with E-state index in [1.54, 1.807) is 18.4 Å². The van der Waals surface area contributed by atoms with Gasteiger partial charge in [0.15, 0.2) is 0 Å². The van der Waals surface area contributed by atoms with Gasteiger partial charge in [-0.25, -0.2) is 4.39 Å². The summed E-state index contributed by atoms with van der Waals surface area (Å²) in [6, 6.07) is 14.1. The Morgan fingerprint density at radius 2 is 1.76 bits per heavy atom. The highest BCUT2D eigenvalue weighted by Gasteiger charge is 1.98. The Balaban J connectivity index is 2.32. The highest BCUT2D eigenvalue weighted by atomic mass is 19.1. The van der Waals surface area contributed by atoms with Crippen LogP contribution >= 0.6 is 0 Å². The van der Waals surface area contributed by atoms with Crippen molar-refractivity contribution in [3.05, 3.63) is 72.1 Å². The highest BCUT2D eigenvalue weighted by molar-refractivity contribution is 5.86. The van der Waals surface area contributed by atoms with Crippen LogP contribution in [-0.4, -0.2) is 6.21 Å². The number of rotatable bonds is 3. The summed E-state index contributed by atoms with van der Waals surface area (Å²) in [5.74, 6) is -0.273. The molecule has 0 saturated heterocycles. The van der Waals surface area contributed by atoms with Gasteiger partial charge in [-0.1, -0.05) is 36.9 Å². The van der Waals surface area contributed by atoms with E-state index in [1.165, 1.54) is 12.1 Å². The van der Waals surface area contributed by atoms with Crippen LogP contribution in [0.4, 0.5) is 10.1 Å². The Kier molecular flexibility index (Phi) is 3.46. The minimum absolute atomic E-state index is 0.273. The third kappa shape index (κ3) is 2.88. The van der Waals surface area contributed by atoms with E-state index in [-0.39, 0.29) is 5.82 Å². The topological polar surface area (TPSA) is 12.4 Å². The number of aliphatic imine (C=N–C) groups is 1. The first-order chi connectivity index (χ1) is 8.29. The lowest BCUT2D eigenvalue weighted by Crippen LogP contribution is -1.88. The van der Waals surface area contributed by atoms with E-state index < -0.39 is 0 Å². The molecular formula is C15H12FN. The molecule has 2 aromatic rings. The van der Waals surface area contributed by atoms with Gasteiger partial charge in [-0.3, -0.25) is 4.99 Å². The van der Waals surface area contributed by atoms with Crippen molar-refractivity contribution in [2.45, 2.75) is 0 Å². The van der Waals surface area contributed by atoms with Gasteiger partial charge in [-0.05, 0) is 29.8 Å². The molecule has 2 aromatic carbocycles. The predicted octanol–water partition coefficient (Wildman–Crippen LogP) is 4.22. The van der Waals surface area contributed by atoms with Crippen LogP contribution in [0.15, 0.2) is 60.1 Å². The van der Waals surface area contributed by atoms with Gasteiger partial charge in [-0.2, -0.15) is 0 Å². The Bertz CT molecular complexity index is 544. The SMILES string of the molecule is C=Cc1ccc(F)cc1C=Nc1ccccc1. The fraction of sp³-hybridized carbons (Fsp3) is 0. The van der Waals surface area contributed by atoms with Gasteiger partial charge in [0.2, 0.25) is 0 Å². The van der Waals surface area contributed by atoms with E-state index in [9.17, 15) is 4.39 Å². The quantitative estimate of drug-likeness (QED) is 0.693. The van der Waals surface area contributed by atoms with E-state index in [4.69, 9.17) is 0 Å². The number of benzene rings is 2. The molecule has 0 N–H and O–H groups in total. The number of hydrogen-bond donors (Lipinski definition) is 0. The summed E-state index contributed by atoms with van der Waals surface area (Å²) in [5, 5.41) is 0. The Morgan fingerprint density at radius 1 is 1.00 bits per heavy atom. The highest BCUT2D eigenvalue weighted by Crippen LogP contribution is 2.14. The fourth-order valence-corrected chi connectivity index (χ4v) is 1.50. The molecule has 0 amide bonds. The van der Waals surface area contributed by atoms with Gasteiger partial charge in [-0.15, -0.1) is 0 Å². The molecule has 0 aliphatic rings. The molecule has 0 radical (unpaired) electrons. The maximum Gasteiger partial charge on any atom is 0.123 e. The summed E-state index contributed by atoms with van der Waals surface area (Å²) >= 11 is 0. The van der Waals surface area contributed by atoms with Crippen molar-refractivity contribution in [2.24, 2.45) is 4.99 Å².